The van der Waals surface area contributed by atoms with Crippen molar-refractivity contribution in [2.45, 2.75) is 43.5 Å². The largest absolute Gasteiger partial charge is 0.349 e. The number of hydrogen-bond acceptors (Lipinski definition) is 4. The summed E-state index contributed by atoms with van der Waals surface area (Å²) in [6.07, 6.45) is 4.28. The lowest BCUT2D eigenvalue weighted by Crippen LogP contribution is -2.44. The lowest BCUT2D eigenvalue weighted by Gasteiger charge is -2.31. The molecule has 1 aliphatic carbocycles. The molecule has 0 aliphatic heterocycles. The van der Waals surface area contributed by atoms with Crippen molar-refractivity contribution in [3.8, 4) is 0 Å². The van der Waals surface area contributed by atoms with Gasteiger partial charge in [-0.25, -0.2) is 8.42 Å². The molecule has 0 saturated heterocycles. The first-order chi connectivity index (χ1) is 10.5. The number of rotatable bonds is 5. The maximum Gasteiger partial charge on any atom is 0.251 e. The molecule has 1 fully saturated rings. The Morgan fingerprint density at radius 1 is 1.23 bits per heavy atom. The van der Waals surface area contributed by atoms with Gasteiger partial charge in [-0.2, -0.15) is 0 Å². The first-order valence-corrected chi connectivity index (χ1v) is 9.47. The van der Waals surface area contributed by atoms with E-state index in [1.54, 1.807) is 19.1 Å². The summed E-state index contributed by atoms with van der Waals surface area (Å²) in [5.41, 5.74) is 6.26. The van der Waals surface area contributed by atoms with Crippen LogP contribution in [0.3, 0.4) is 0 Å². The number of amides is 1. The molecule has 0 spiro atoms. The monoisotopic (exact) mass is 324 g/mol. The van der Waals surface area contributed by atoms with Gasteiger partial charge in [0.2, 0.25) is 0 Å². The molecule has 3 N–H and O–H groups in total. The van der Waals surface area contributed by atoms with Crippen molar-refractivity contribution in [2.24, 2.45) is 11.7 Å². The normalized spacial score (nSPS) is 22.3. The molecule has 0 heterocycles. The molecule has 1 saturated carbocycles. The van der Waals surface area contributed by atoms with Gasteiger partial charge in [0.25, 0.3) is 5.91 Å². The van der Waals surface area contributed by atoms with Gasteiger partial charge in [0.1, 0.15) is 0 Å². The third kappa shape index (κ3) is 3.87. The molecule has 0 bridgehead atoms. The Balaban J connectivity index is 2.06. The summed E-state index contributed by atoms with van der Waals surface area (Å²) in [7, 11) is -3.23. The second kappa shape index (κ2) is 7.24. The highest BCUT2D eigenvalue weighted by molar-refractivity contribution is 7.91. The van der Waals surface area contributed by atoms with E-state index >= 15 is 0 Å². The predicted molar refractivity (Wildman–Crippen MR) is 86.4 cm³/mol. The Bertz CT molecular complexity index is 611. The molecular formula is C16H24N2O3S. The van der Waals surface area contributed by atoms with Crippen LogP contribution in [-0.2, 0) is 9.84 Å². The zero-order chi connectivity index (χ0) is 16.2. The fourth-order valence-electron chi connectivity index (χ4n) is 2.91. The van der Waals surface area contributed by atoms with Gasteiger partial charge in [-0.3, -0.25) is 4.79 Å². The van der Waals surface area contributed by atoms with Gasteiger partial charge < -0.3 is 11.1 Å². The standard InChI is InChI=1S/C16H24N2O3S/c1-2-22(20,21)14-9-7-12(8-10-14)16(19)18-15-6-4-3-5-13(15)11-17/h7-10,13,15H,2-6,11,17H2,1H3,(H,18,19). The second-order valence-corrected chi connectivity index (χ2v) is 8.07. The number of sulfone groups is 1. The first-order valence-electron chi connectivity index (χ1n) is 7.81. The summed E-state index contributed by atoms with van der Waals surface area (Å²) >= 11 is 0. The van der Waals surface area contributed by atoms with E-state index in [1.807, 2.05) is 0 Å². The molecule has 1 aromatic carbocycles. The van der Waals surface area contributed by atoms with Gasteiger partial charge in [0.15, 0.2) is 9.84 Å². The zero-order valence-electron chi connectivity index (χ0n) is 12.9. The highest BCUT2D eigenvalue weighted by Gasteiger charge is 2.25. The first kappa shape index (κ1) is 17.0. The predicted octanol–water partition coefficient (Wildman–Crippen LogP) is 1.73. The number of benzene rings is 1. The van der Waals surface area contributed by atoms with Crippen molar-refractivity contribution in [1.29, 1.82) is 0 Å². The average Bonchev–Trinajstić information content (AvgIpc) is 2.55. The third-order valence-electron chi connectivity index (χ3n) is 4.38. The van der Waals surface area contributed by atoms with Crippen LogP contribution in [0.5, 0.6) is 0 Å². The van der Waals surface area contributed by atoms with Gasteiger partial charge >= 0.3 is 0 Å². The summed E-state index contributed by atoms with van der Waals surface area (Å²) in [6, 6.07) is 6.24. The Labute approximate surface area is 132 Å². The summed E-state index contributed by atoms with van der Waals surface area (Å²) < 4.78 is 23.5. The van der Waals surface area contributed by atoms with Crippen LogP contribution < -0.4 is 11.1 Å². The quantitative estimate of drug-likeness (QED) is 0.863. The topological polar surface area (TPSA) is 89.3 Å². The summed E-state index contributed by atoms with van der Waals surface area (Å²) in [5, 5.41) is 3.04. The van der Waals surface area contributed by atoms with Crippen molar-refractivity contribution >= 4 is 15.7 Å². The molecule has 6 heteroatoms. The van der Waals surface area contributed by atoms with Crippen molar-refractivity contribution in [2.75, 3.05) is 12.3 Å². The summed E-state index contributed by atoms with van der Waals surface area (Å²) in [4.78, 5) is 12.6. The lowest BCUT2D eigenvalue weighted by atomic mass is 9.84. The fourth-order valence-corrected chi connectivity index (χ4v) is 3.80. The van der Waals surface area contributed by atoms with Gasteiger partial charge in [-0.15, -0.1) is 0 Å². The Kier molecular flexibility index (Phi) is 5.58. The number of nitrogens with two attached hydrogens (primary N) is 1. The number of carbonyl (C=O) groups is 1. The third-order valence-corrected chi connectivity index (χ3v) is 6.13. The van der Waals surface area contributed by atoms with E-state index in [0.29, 0.717) is 18.0 Å². The zero-order valence-corrected chi connectivity index (χ0v) is 13.7. The molecule has 1 aliphatic rings. The Morgan fingerprint density at radius 2 is 1.86 bits per heavy atom. The van der Waals surface area contributed by atoms with Crippen LogP contribution in [0.2, 0.25) is 0 Å². The van der Waals surface area contributed by atoms with Crippen LogP contribution in [0.15, 0.2) is 29.2 Å². The van der Waals surface area contributed by atoms with Crippen molar-refractivity contribution in [1.82, 2.24) is 5.32 Å². The van der Waals surface area contributed by atoms with Crippen molar-refractivity contribution in [3.63, 3.8) is 0 Å². The summed E-state index contributed by atoms with van der Waals surface area (Å²) in [6.45, 7) is 2.19. The molecule has 2 atom stereocenters. The van der Waals surface area contributed by atoms with Crippen molar-refractivity contribution < 1.29 is 13.2 Å². The van der Waals surface area contributed by atoms with E-state index in [2.05, 4.69) is 5.32 Å². The lowest BCUT2D eigenvalue weighted by molar-refractivity contribution is 0.0908. The maximum absolute atomic E-state index is 12.3. The van der Waals surface area contributed by atoms with Crippen LogP contribution in [0.4, 0.5) is 0 Å². The molecule has 22 heavy (non-hydrogen) atoms. The minimum absolute atomic E-state index is 0.0544. The SMILES string of the molecule is CCS(=O)(=O)c1ccc(C(=O)NC2CCCCC2CN)cc1. The molecule has 0 aromatic heterocycles. The number of nitrogens with one attached hydrogen (secondary N) is 1. The van der Waals surface area contributed by atoms with E-state index in [9.17, 15) is 13.2 Å². The Hall–Kier alpha value is -1.40. The van der Waals surface area contributed by atoms with Gasteiger partial charge in [-0.05, 0) is 49.6 Å². The van der Waals surface area contributed by atoms with Crippen LogP contribution in [0, 0.1) is 5.92 Å². The highest BCUT2D eigenvalue weighted by atomic mass is 32.2. The van der Waals surface area contributed by atoms with Crippen LogP contribution in [0.25, 0.3) is 0 Å². The van der Waals surface area contributed by atoms with Gasteiger partial charge in [0, 0.05) is 11.6 Å². The fraction of sp³-hybridized carbons (Fsp3) is 0.562. The summed E-state index contributed by atoms with van der Waals surface area (Å²) in [5.74, 6) is 0.224. The van der Waals surface area contributed by atoms with E-state index in [1.165, 1.54) is 12.1 Å². The molecule has 1 aromatic rings. The average molecular weight is 324 g/mol. The molecule has 0 radical (unpaired) electrons. The smallest absolute Gasteiger partial charge is 0.251 e. The highest BCUT2D eigenvalue weighted by Crippen LogP contribution is 2.24. The maximum atomic E-state index is 12.3. The van der Waals surface area contributed by atoms with Crippen LogP contribution in [0.1, 0.15) is 43.0 Å². The second-order valence-electron chi connectivity index (χ2n) is 5.79. The number of carbonyl (C=O) groups excluding carboxylic acids is 1. The molecular weight excluding hydrogens is 300 g/mol. The van der Waals surface area contributed by atoms with Crippen LogP contribution >= 0.6 is 0 Å². The molecule has 2 unspecified atom stereocenters. The molecule has 5 nitrogen and oxygen atoms in total. The van der Waals surface area contributed by atoms with E-state index < -0.39 is 9.84 Å². The van der Waals surface area contributed by atoms with E-state index in [-0.39, 0.29) is 22.6 Å². The molecule has 122 valence electrons. The van der Waals surface area contributed by atoms with E-state index in [4.69, 9.17) is 5.73 Å². The van der Waals surface area contributed by atoms with Gasteiger partial charge in [0.05, 0.1) is 10.6 Å². The molecule has 2 rings (SSSR count). The minimum atomic E-state index is -3.23. The minimum Gasteiger partial charge on any atom is -0.349 e. The van der Waals surface area contributed by atoms with Gasteiger partial charge in [-0.1, -0.05) is 19.8 Å². The van der Waals surface area contributed by atoms with Crippen LogP contribution in [-0.4, -0.2) is 32.7 Å². The van der Waals surface area contributed by atoms with Crippen molar-refractivity contribution in [3.05, 3.63) is 29.8 Å². The molecule has 1 amide bonds. The number of hydrogen-bond donors (Lipinski definition) is 2. The van der Waals surface area contributed by atoms with E-state index in [0.717, 1.165) is 25.7 Å². The Morgan fingerprint density at radius 3 is 2.45 bits per heavy atom.